The molecule has 2 aromatic rings. The summed E-state index contributed by atoms with van der Waals surface area (Å²) in [5.41, 5.74) is 1.11. The third-order valence-corrected chi connectivity index (χ3v) is 3.93. The molecule has 112 valence electrons. The molecule has 0 bridgehead atoms. The summed E-state index contributed by atoms with van der Waals surface area (Å²) in [5, 5.41) is 4.10. The Hall–Kier alpha value is -1.74. The van der Waals surface area contributed by atoms with Crippen molar-refractivity contribution in [2.45, 2.75) is 26.3 Å². The van der Waals surface area contributed by atoms with E-state index in [4.69, 9.17) is 11.6 Å². The van der Waals surface area contributed by atoms with E-state index in [0.29, 0.717) is 0 Å². The number of pyridine rings is 1. The molecule has 0 aliphatic carbocycles. The van der Waals surface area contributed by atoms with Crippen molar-refractivity contribution in [1.29, 1.82) is 0 Å². The van der Waals surface area contributed by atoms with Gasteiger partial charge in [0.2, 0.25) is 0 Å². The summed E-state index contributed by atoms with van der Waals surface area (Å²) in [6.07, 6.45) is 1.08. The maximum Gasteiger partial charge on any atom is 0.131 e. The van der Waals surface area contributed by atoms with Gasteiger partial charge in [-0.15, -0.1) is 0 Å². The molecule has 1 N–H and O–H groups in total. The Kier molecular flexibility index (Phi) is 5.45. The number of benzene rings is 1. The first-order valence-corrected chi connectivity index (χ1v) is 7.69. The largest absolute Gasteiger partial charge is 0.370 e. The molecule has 0 saturated heterocycles. The van der Waals surface area contributed by atoms with E-state index in [1.807, 2.05) is 43.4 Å². The number of hydrogen-bond acceptors (Lipinski definition) is 3. The van der Waals surface area contributed by atoms with Crippen LogP contribution in [0.1, 0.15) is 31.9 Å². The first-order chi connectivity index (χ1) is 10.1. The monoisotopic (exact) mass is 303 g/mol. The summed E-state index contributed by atoms with van der Waals surface area (Å²) in [7, 11) is 2.04. The minimum Gasteiger partial charge on any atom is -0.370 e. The molecule has 1 atom stereocenters. The van der Waals surface area contributed by atoms with E-state index in [1.54, 1.807) is 0 Å². The standard InChI is InChI=1S/C17H22ClN3/c1-4-12-19-16-10-7-11-17(20-16)21(3)13(2)14-8-5-6-9-15(14)18/h5-11,13H,4,12H2,1-3H3,(H,19,20). The highest BCUT2D eigenvalue weighted by atomic mass is 35.5. The molecular weight excluding hydrogens is 282 g/mol. The molecule has 1 aromatic carbocycles. The SMILES string of the molecule is CCCNc1cccc(N(C)C(C)c2ccccc2Cl)n1. The molecule has 0 aliphatic rings. The van der Waals surface area contributed by atoms with Gasteiger partial charge in [0.15, 0.2) is 0 Å². The lowest BCUT2D eigenvalue weighted by Gasteiger charge is -2.27. The molecular formula is C17H22ClN3. The van der Waals surface area contributed by atoms with Gasteiger partial charge in [0.25, 0.3) is 0 Å². The zero-order valence-electron chi connectivity index (χ0n) is 12.8. The molecule has 0 spiro atoms. The van der Waals surface area contributed by atoms with Crippen LogP contribution in [0, 0.1) is 0 Å². The Morgan fingerprint density at radius 2 is 1.95 bits per heavy atom. The Morgan fingerprint density at radius 1 is 1.19 bits per heavy atom. The van der Waals surface area contributed by atoms with Crippen LogP contribution in [0.3, 0.4) is 0 Å². The minimum absolute atomic E-state index is 0.160. The number of nitrogens with one attached hydrogen (secondary N) is 1. The van der Waals surface area contributed by atoms with E-state index in [2.05, 4.69) is 35.1 Å². The zero-order valence-corrected chi connectivity index (χ0v) is 13.6. The van der Waals surface area contributed by atoms with E-state index < -0.39 is 0 Å². The zero-order chi connectivity index (χ0) is 15.2. The molecule has 1 unspecified atom stereocenters. The van der Waals surface area contributed by atoms with Crippen LogP contribution in [-0.4, -0.2) is 18.6 Å². The molecule has 0 radical (unpaired) electrons. The summed E-state index contributed by atoms with van der Waals surface area (Å²) in [5.74, 6) is 1.84. The Labute approximate surface area is 132 Å². The predicted molar refractivity (Wildman–Crippen MR) is 91.3 cm³/mol. The van der Waals surface area contributed by atoms with Crippen molar-refractivity contribution in [2.75, 3.05) is 23.8 Å². The van der Waals surface area contributed by atoms with Crippen LogP contribution < -0.4 is 10.2 Å². The summed E-state index contributed by atoms with van der Waals surface area (Å²) in [6, 6.07) is 14.1. The summed E-state index contributed by atoms with van der Waals surface area (Å²) in [6.45, 7) is 5.21. The van der Waals surface area contributed by atoms with E-state index in [-0.39, 0.29) is 6.04 Å². The van der Waals surface area contributed by atoms with Gasteiger partial charge >= 0.3 is 0 Å². The number of anilines is 2. The van der Waals surface area contributed by atoms with Gasteiger partial charge in [-0.1, -0.05) is 42.8 Å². The normalized spacial score (nSPS) is 12.0. The Bertz CT molecular complexity index is 586. The molecule has 4 heteroatoms. The molecule has 0 fully saturated rings. The van der Waals surface area contributed by atoms with Crippen LogP contribution in [-0.2, 0) is 0 Å². The second kappa shape index (κ2) is 7.32. The first-order valence-electron chi connectivity index (χ1n) is 7.31. The third kappa shape index (κ3) is 3.88. The highest BCUT2D eigenvalue weighted by Crippen LogP contribution is 2.29. The minimum atomic E-state index is 0.160. The average Bonchev–Trinajstić information content (AvgIpc) is 2.52. The lowest BCUT2D eigenvalue weighted by Crippen LogP contribution is -2.23. The molecule has 0 amide bonds. The average molecular weight is 304 g/mol. The number of hydrogen-bond donors (Lipinski definition) is 1. The molecule has 0 aliphatic heterocycles. The molecule has 3 nitrogen and oxygen atoms in total. The van der Waals surface area contributed by atoms with Gasteiger partial charge in [0, 0.05) is 18.6 Å². The van der Waals surface area contributed by atoms with Crippen LogP contribution in [0.4, 0.5) is 11.6 Å². The highest BCUT2D eigenvalue weighted by molar-refractivity contribution is 6.31. The second-order valence-corrected chi connectivity index (χ2v) is 5.52. The van der Waals surface area contributed by atoms with Gasteiger partial charge < -0.3 is 10.2 Å². The lowest BCUT2D eigenvalue weighted by molar-refractivity contribution is 0.729. The van der Waals surface area contributed by atoms with Crippen LogP contribution in [0.5, 0.6) is 0 Å². The maximum absolute atomic E-state index is 6.29. The molecule has 1 aromatic heterocycles. The highest BCUT2D eigenvalue weighted by Gasteiger charge is 2.16. The molecule has 0 saturated carbocycles. The summed E-state index contributed by atoms with van der Waals surface area (Å²) >= 11 is 6.29. The first kappa shape index (κ1) is 15.6. The topological polar surface area (TPSA) is 28.2 Å². The molecule has 2 rings (SSSR count). The van der Waals surface area contributed by atoms with Crippen LogP contribution in [0.2, 0.25) is 5.02 Å². The van der Waals surface area contributed by atoms with E-state index in [9.17, 15) is 0 Å². The number of rotatable bonds is 6. The van der Waals surface area contributed by atoms with Crippen LogP contribution >= 0.6 is 11.6 Å². The van der Waals surface area contributed by atoms with Crippen molar-refractivity contribution >= 4 is 23.2 Å². The van der Waals surface area contributed by atoms with E-state index in [0.717, 1.165) is 35.2 Å². The fourth-order valence-corrected chi connectivity index (χ4v) is 2.49. The fraction of sp³-hybridized carbons (Fsp3) is 0.353. The molecule has 21 heavy (non-hydrogen) atoms. The van der Waals surface area contributed by atoms with Crippen molar-refractivity contribution in [1.82, 2.24) is 4.98 Å². The van der Waals surface area contributed by atoms with Crippen molar-refractivity contribution < 1.29 is 0 Å². The molecule has 1 heterocycles. The van der Waals surface area contributed by atoms with Gasteiger partial charge in [-0.05, 0) is 37.1 Å². The van der Waals surface area contributed by atoms with Crippen LogP contribution in [0.25, 0.3) is 0 Å². The second-order valence-electron chi connectivity index (χ2n) is 5.12. The Balaban J connectivity index is 2.19. The summed E-state index contributed by atoms with van der Waals surface area (Å²) in [4.78, 5) is 6.80. The fourth-order valence-electron chi connectivity index (χ4n) is 2.19. The predicted octanol–water partition coefficient (Wildman–Crippen LogP) is 4.75. The Morgan fingerprint density at radius 3 is 2.67 bits per heavy atom. The lowest BCUT2D eigenvalue weighted by atomic mass is 10.1. The van der Waals surface area contributed by atoms with E-state index >= 15 is 0 Å². The quantitative estimate of drug-likeness (QED) is 0.834. The van der Waals surface area contributed by atoms with Gasteiger partial charge in [0.1, 0.15) is 11.6 Å². The number of halogens is 1. The van der Waals surface area contributed by atoms with Gasteiger partial charge in [-0.25, -0.2) is 4.98 Å². The van der Waals surface area contributed by atoms with Gasteiger partial charge in [0.05, 0.1) is 6.04 Å². The van der Waals surface area contributed by atoms with Gasteiger partial charge in [-0.3, -0.25) is 0 Å². The van der Waals surface area contributed by atoms with Crippen molar-refractivity contribution in [3.63, 3.8) is 0 Å². The van der Waals surface area contributed by atoms with Gasteiger partial charge in [-0.2, -0.15) is 0 Å². The van der Waals surface area contributed by atoms with Crippen LogP contribution in [0.15, 0.2) is 42.5 Å². The van der Waals surface area contributed by atoms with Crippen molar-refractivity contribution in [3.05, 3.63) is 53.1 Å². The van der Waals surface area contributed by atoms with Crippen molar-refractivity contribution in [3.8, 4) is 0 Å². The van der Waals surface area contributed by atoms with E-state index in [1.165, 1.54) is 0 Å². The summed E-state index contributed by atoms with van der Waals surface area (Å²) < 4.78 is 0. The number of nitrogens with zero attached hydrogens (tertiary/aromatic N) is 2. The third-order valence-electron chi connectivity index (χ3n) is 3.59. The van der Waals surface area contributed by atoms with Crippen molar-refractivity contribution in [2.24, 2.45) is 0 Å². The maximum atomic E-state index is 6.29. The smallest absolute Gasteiger partial charge is 0.131 e. The number of aromatic nitrogens is 1.